The Morgan fingerprint density at radius 1 is 1.30 bits per heavy atom. The van der Waals surface area contributed by atoms with Gasteiger partial charge in [0.2, 0.25) is 0 Å². The standard InChI is InChI=1S/C17H23ClN4O/c1-11(2)16-15(17(23)20-9-12(3)8-19)10-21-22(16)14-6-4-13(18)5-7-14/h4-7,10-12H,8-9,19H2,1-3H3,(H,20,23). The first-order valence-corrected chi connectivity index (χ1v) is 8.14. The molecule has 5 nitrogen and oxygen atoms in total. The summed E-state index contributed by atoms with van der Waals surface area (Å²) in [6.45, 7) is 7.19. The Morgan fingerprint density at radius 3 is 2.52 bits per heavy atom. The number of benzene rings is 1. The van der Waals surface area contributed by atoms with Crippen LogP contribution in [0.5, 0.6) is 0 Å². The maximum atomic E-state index is 12.5. The topological polar surface area (TPSA) is 72.9 Å². The van der Waals surface area contributed by atoms with E-state index < -0.39 is 0 Å². The van der Waals surface area contributed by atoms with Crippen molar-refractivity contribution >= 4 is 17.5 Å². The molecular formula is C17H23ClN4O. The molecule has 0 aliphatic heterocycles. The molecule has 1 aromatic heterocycles. The molecule has 1 amide bonds. The number of carbonyl (C=O) groups excluding carboxylic acids is 1. The first kappa shape index (κ1) is 17.5. The van der Waals surface area contributed by atoms with Gasteiger partial charge in [-0.1, -0.05) is 32.4 Å². The van der Waals surface area contributed by atoms with Crippen molar-refractivity contribution in [3.05, 3.63) is 46.7 Å². The molecule has 0 bridgehead atoms. The maximum absolute atomic E-state index is 12.5. The van der Waals surface area contributed by atoms with E-state index in [0.29, 0.717) is 23.7 Å². The molecule has 2 rings (SSSR count). The summed E-state index contributed by atoms with van der Waals surface area (Å²) in [5, 5.41) is 7.99. The van der Waals surface area contributed by atoms with E-state index in [-0.39, 0.29) is 17.7 Å². The average Bonchev–Trinajstić information content (AvgIpc) is 2.98. The highest BCUT2D eigenvalue weighted by molar-refractivity contribution is 6.30. The van der Waals surface area contributed by atoms with Gasteiger partial charge in [-0.25, -0.2) is 4.68 Å². The minimum Gasteiger partial charge on any atom is -0.352 e. The van der Waals surface area contributed by atoms with Crippen LogP contribution in [0.15, 0.2) is 30.5 Å². The summed E-state index contributed by atoms with van der Waals surface area (Å²) < 4.78 is 1.79. The van der Waals surface area contributed by atoms with Crippen LogP contribution >= 0.6 is 11.6 Å². The minimum atomic E-state index is -0.116. The van der Waals surface area contributed by atoms with Gasteiger partial charge in [-0.3, -0.25) is 4.79 Å². The molecule has 1 atom stereocenters. The largest absolute Gasteiger partial charge is 0.352 e. The highest BCUT2D eigenvalue weighted by atomic mass is 35.5. The molecule has 0 aliphatic rings. The van der Waals surface area contributed by atoms with Gasteiger partial charge < -0.3 is 11.1 Å². The zero-order valence-corrected chi connectivity index (χ0v) is 14.5. The third-order valence-electron chi connectivity index (χ3n) is 3.68. The first-order chi connectivity index (χ1) is 10.9. The second-order valence-corrected chi connectivity index (χ2v) is 6.47. The number of halogens is 1. The van der Waals surface area contributed by atoms with Gasteiger partial charge in [0.25, 0.3) is 5.91 Å². The van der Waals surface area contributed by atoms with Gasteiger partial charge in [-0.15, -0.1) is 0 Å². The summed E-state index contributed by atoms with van der Waals surface area (Å²) in [6, 6.07) is 7.40. The monoisotopic (exact) mass is 334 g/mol. The molecule has 0 aliphatic carbocycles. The molecule has 2 aromatic rings. The van der Waals surface area contributed by atoms with Gasteiger partial charge in [0.1, 0.15) is 0 Å². The number of aromatic nitrogens is 2. The molecule has 23 heavy (non-hydrogen) atoms. The molecule has 6 heteroatoms. The molecule has 0 saturated carbocycles. The van der Waals surface area contributed by atoms with E-state index >= 15 is 0 Å². The molecule has 3 N–H and O–H groups in total. The van der Waals surface area contributed by atoms with Crippen LogP contribution in [0.25, 0.3) is 5.69 Å². The number of carbonyl (C=O) groups is 1. The Bertz CT molecular complexity index is 664. The molecule has 1 unspecified atom stereocenters. The molecule has 0 fully saturated rings. The van der Waals surface area contributed by atoms with Crippen molar-refractivity contribution in [2.75, 3.05) is 13.1 Å². The van der Waals surface area contributed by atoms with Gasteiger partial charge in [-0.05, 0) is 42.6 Å². The lowest BCUT2D eigenvalue weighted by molar-refractivity contribution is 0.0947. The third-order valence-corrected chi connectivity index (χ3v) is 3.93. The number of amides is 1. The summed E-state index contributed by atoms with van der Waals surface area (Å²) in [5.41, 5.74) is 7.95. The van der Waals surface area contributed by atoms with Crippen molar-refractivity contribution in [2.24, 2.45) is 11.7 Å². The molecular weight excluding hydrogens is 312 g/mol. The van der Waals surface area contributed by atoms with Crippen molar-refractivity contribution in [1.82, 2.24) is 15.1 Å². The SMILES string of the molecule is CC(CN)CNC(=O)c1cnn(-c2ccc(Cl)cc2)c1C(C)C. The third kappa shape index (κ3) is 4.12. The van der Waals surface area contributed by atoms with E-state index in [9.17, 15) is 4.79 Å². The van der Waals surface area contributed by atoms with Crippen LogP contribution in [-0.2, 0) is 0 Å². The fourth-order valence-corrected chi connectivity index (χ4v) is 2.45. The van der Waals surface area contributed by atoms with Crippen molar-refractivity contribution < 1.29 is 4.79 Å². The number of nitrogens with one attached hydrogen (secondary N) is 1. The normalized spacial score (nSPS) is 12.4. The van der Waals surface area contributed by atoms with Crippen molar-refractivity contribution in [2.45, 2.75) is 26.7 Å². The smallest absolute Gasteiger partial charge is 0.254 e. The quantitative estimate of drug-likeness (QED) is 0.853. The fourth-order valence-electron chi connectivity index (χ4n) is 2.32. The summed E-state index contributed by atoms with van der Waals surface area (Å²) in [4.78, 5) is 12.5. The lowest BCUT2D eigenvalue weighted by atomic mass is 10.0. The van der Waals surface area contributed by atoms with Crippen molar-refractivity contribution in [1.29, 1.82) is 0 Å². The Hall–Kier alpha value is -1.85. The summed E-state index contributed by atoms with van der Waals surface area (Å²) in [7, 11) is 0. The number of nitrogens with zero attached hydrogens (tertiary/aromatic N) is 2. The van der Waals surface area contributed by atoms with Gasteiger partial charge in [0, 0.05) is 11.6 Å². The van der Waals surface area contributed by atoms with Crippen LogP contribution in [0.1, 0.15) is 42.7 Å². The molecule has 0 radical (unpaired) electrons. The van der Waals surface area contributed by atoms with E-state index in [1.807, 2.05) is 45.0 Å². The van der Waals surface area contributed by atoms with Gasteiger partial charge in [-0.2, -0.15) is 5.10 Å². The van der Waals surface area contributed by atoms with Crippen LogP contribution in [-0.4, -0.2) is 28.8 Å². The van der Waals surface area contributed by atoms with Gasteiger partial charge in [0.15, 0.2) is 0 Å². The molecule has 124 valence electrons. The number of hydrogen-bond donors (Lipinski definition) is 2. The fraction of sp³-hybridized carbons (Fsp3) is 0.412. The van der Waals surface area contributed by atoms with Crippen molar-refractivity contribution in [3.63, 3.8) is 0 Å². The second-order valence-electron chi connectivity index (χ2n) is 6.04. The van der Waals surface area contributed by atoms with Crippen LogP contribution in [0.4, 0.5) is 0 Å². The Balaban J connectivity index is 2.31. The number of rotatable bonds is 6. The molecule has 0 saturated heterocycles. The zero-order valence-electron chi connectivity index (χ0n) is 13.7. The minimum absolute atomic E-state index is 0.116. The van der Waals surface area contributed by atoms with Crippen LogP contribution in [0, 0.1) is 5.92 Å². The predicted molar refractivity (Wildman–Crippen MR) is 93.2 cm³/mol. The summed E-state index contributed by atoms with van der Waals surface area (Å²) in [5.74, 6) is 0.280. The second kappa shape index (κ2) is 7.62. The Labute approximate surface area is 141 Å². The summed E-state index contributed by atoms with van der Waals surface area (Å²) >= 11 is 5.94. The highest BCUT2D eigenvalue weighted by Gasteiger charge is 2.21. The number of nitrogens with two attached hydrogens (primary N) is 1. The number of hydrogen-bond acceptors (Lipinski definition) is 3. The van der Waals surface area contributed by atoms with Crippen molar-refractivity contribution in [3.8, 4) is 5.69 Å². The van der Waals surface area contributed by atoms with Crippen LogP contribution < -0.4 is 11.1 Å². The van der Waals surface area contributed by atoms with E-state index in [2.05, 4.69) is 10.4 Å². The first-order valence-electron chi connectivity index (χ1n) is 7.76. The zero-order chi connectivity index (χ0) is 17.0. The molecule has 0 spiro atoms. The van der Waals surface area contributed by atoms with E-state index in [0.717, 1.165) is 11.4 Å². The molecule has 1 aromatic carbocycles. The van der Waals surface area contributed by atoms with Gasteiger partial charge >= 0.3 is 0 Å². The van der Waals surface area contributed by atoms with Crippen LogP contribution in [0.2, 0.25) is 5.02 Å². The summed E-state index contributed by atoms with van der Waals surface area (Å²) in [6.07, 6.45) is 1.62. The van der Waals surface area contributed by atoms with Gasteiger partial charge in [0.05, 0.1) is 23.1 Å². The lowest BCUT2D eigenvalue weighted by Crippen LogP contribution is -2.31. The van der Waals surface area contributed by atoms with Crippen LogP contribution in [0.3, 0.4) is 0 Å². The van der Waals surface area contributed by atoms with E-state index in [1.54, 1.807) is 10.9 Å². The maximum Gasteiger partial charge on any atom is 0.254 e. The average molecular weight is 335 g/mol. The van der Waals surface area contributed by atoms with E-state index in [4.69, 9.17) is 17.3 Å². The van der Waals surface area contributed by atoms with E-state index in [1.165, 1.54) is 0 Å². The Kier molecular flexibility index (Phi) is 5.80. The highest BCUT2D eigenvalue weighted by Crippen LogP contribution is 2.24. The predicted octanol–water partition coefficient (Wildman–Crippen LogP) is 2.97. The molecule has 1 heterocycles. The Morgan fingerprint density at radius 2 is 1.96 bits per heavy atom. The lowest BCUT2D eigenvalue weighted by Gasteiger charge is -2.14.